The second-order valence-electron chi connectivity index (χ2n) is 6.45. The van der Waals surface area contributed by atoms with Crippen LogP contribution in [0.2, 0.25) is 0 Å². The second kappa shape index (κ2) is 9.17. The molecule has 1 fully saturated rings. The fourth-order valence-corrected chi connectivity index (χ4v) is 3.11. The van der Waals surface area contributed by atoms with Gasteiger partial charge >= 0.3 is 0 Å². The molecule has 1 aliphatic heterocycles. The zero-order valence-corrected chi connectivity index (χ0v) is 15.2. The van der Waals surface area contributed by atoms with Gasteiger partial charge in [0.15, 0.2) is 5.96 Å². The first-order valence-electron chi connectivity index (χ1n) is 9.13. The quantitative estimate of drug-likeness (QED) is 0.618. The molecule has 0 aliphatic carbocycles. The maximum atomic E-state index is 13.2. The second-order valence-corrected chi connectivity index (χ2v) is 6.45. The van der Waals surface area contributed by atoms with Gasteiger partial charge in [0.05, 0.1) is 0 Å². The van der Waals surface area contributed by atoms with Gasteiger partial charge in [0.2, 0.25) is 0 Å². The van der Waals surface area contributed by atoms with E-state index in [0.29, 0.717) is 13.1 Å². The standard InChI is InChI=1S/C20H26FN5/c1-22-20(24-10-7-16-5-4-6-18(21)13-16)25-15-17-8-9-23-19(14-17)26-11-2-3-12-26/h4-6,8-9,13-14H,2-3,7,10-12,15H2,1H3,(H2,22,24,25). The van der Waals surface area contributed by atoms with Gasteiger partial charge in [-0.05, 0) is 54.7 Å². The first kappa shape index (κ1) is 18.2. The molecule has 0 bridgehead atoms. The molecule has 1 aromatic heterocycles. The topological polar surface area (TPSA) is 52.6 Å². The van der Waals surface area contributed by atoms with Crippen LogP contribution < -0.4 is 15.5 Å². The summed E-state index contributed by atoms with van der Waals surface area (Å²) < 4.78 is 13.2. The Kier molecular flexibility index (Phi) is 6.41. The molecule has 6 heteroatoms. The van der Waals surface area contributed by atoms with Crippen molar-refractivity contribution in [2.75, 3.05) is 31.6 Å². The highest BCUT2D eigenvalue weighted by Crippen LogP contribution is 2.18. The first-order valence-corrected chi connectivity index (χ1v) is 9.13. The third-order valence-corrected chi connectivity index (χ3v) is 4.52. The molecule has 1 aromatic carbocycles. The lowest BCUT2D eigenvalue weighted by molar-refractivity contribution is 0.625. The van der Waals surface area contributed by atoms with Crippen molar-refractivity contribution in [2.45, 2.75) is 25.8 Å². The highest BCUT2D eigenvalue weighted by atomic mass is 19.1. The molecule has 3 rings (SSSR count). The summed E-state index contributed by atoms with van der Waals surface area (Å²) in [6.45, 7) is 3.56. The molecule has 2 aromatic rings. The number of halogens is 1. The number of hydrogen-bond donors (Lipinski definition) is 2. The van der Waals surface area contributed by atoms with E-state index in [1.807, 2.05) is 18.3 Å². The number of guanidine groups is 1. The van der Waals surface area contributed by atoms with Crippen LogP contribution in [-0.4, -0.2) is 37.6 Å². The molecule has 2 heterocycles. The fourth-order valence-electron chi connectivity index (χ4n) is 3.11. The number of nitrogens with zero attached hydrogens (tertiary/aromatic N) is 3. The van der Waals surface area contributed by atoms with Crippen LogP contribution >= 0.6 is 0 Å². The van der Waals surface area contributed by atoms with Crippen molar-refractivity contribution in [2.24, 2.45) is 4.99 Å². The van der Waals surface area contributed by atoms with E-state index in [-0.39, 0.29) is 5.82 Å². The van der Waals surface area contributed by atoms with E-state index < -0.39 is 0 Å². The number of benzene rings is 1. The molecule has 1 aliphatic rings. The Labute approximate surface area is 154 Å². The number of rotatable bonds is 6. The number of anilines is 1. The van der Waals surface area contributed by atoms with Crippen LogP contribution in [0.3, 0.4) is 0 Å². The minimum Gasteiger partial charge on any atom is -0.357 e. The lowest BCUT2D eigenvalue weighted by Crippen LogP contribution is -2.37. The summed E-state index contributed by atoms with van der Waals surface area (Å²) in [6, 6.07) is 10.8. The molecule has 0 amide bonds. The van der Waals surface area contributed by atoms with Gasteiger partial charge in [0.25, 0.3) is 0 Å². The van der Waals surface area contributed by atoms with E-state index >= 15 is 0 Å². The summed E-state index contributed by atoms with van der Waals surface area (Å²) in [5, 5.41) is 6.59. The number of aromatic nitrogens is 1. The SMILES string of the molecule is CN=C(NCCc1cccc(F)c1)NCc1ccnc(N2CCCC2)c1. The number of hydrogen-bond acceptors (Lipinski definition) is 3. The Morgan fingerprint density at radius 2 is 2.00 bits per heavy atom. The summed E-state index contributed by atoms with van der Waals surface area (Å²) in [4.78, 5) is 11.1. The molecule has 138 valence electrons. The maximum absolute atomic E-state index is 13.2. The van der Waals surface area contributed by atoms with Crippen LogP contribution in [0.15, 0.2) is 47.6 Å². The van der Waals surface area contributed by atoms with Crippen molar-refractivity contribution >= 4 is 11.8 Å². The van der Waals surface area contributed by atoms with Crippen molar-refractivity contribution < 1.29 is 4.39 Å². The molecule has 0 unspecified atom stereocenters. The smallest absolute Gasteiger partial charge is 0.191 e. The molecule has 0 spiro atoms. The van der Waals surface area contributed by atoms with Gasteiger partial charge in [-0.25, -0.2) is 9.37 Å². The van der Waals surface area contributed by atoms with E-state index in [4.69, 9.17) is 0 Å². The van der Waals surface area contributed by atoms with Crippen LogP contribution in [0.25, 0.3) is 0 Å². The molecular formula is C20H26FN5. The van der Waals surface area contributed by atoms with E-state index in [1.54, 1.807) is 19.2 Å². The monoisotopic (exact) mass is 355 g/mol. The number of nitrogens with one attached hydrogen (secondary N) is 2. The molecule has 26 heavy (non-hydrogen) atoms. The van der Waals surface area contributed by atoms with Gasteiger partial charge in [-0.15, -0.1) is 0 Å². The molecule has 2 N–H and O–H groups in total. The highest BCUT2D eigenvalue weighted by Gasteiger charge is 2.13. The van der Waals surface area contributed by atoms with Crippen LogP contribution in [0.4, 0.5) is 10.2 Å². The zero-order valence-electron chi connectivity index (χ0n) is 15.2. The average Bonchev–Trinajstić information content (AvgIpc) is 3.20. The van der Waals surface area contributed by atoms with E-state index in [0.717, 1.165) is 36.9 Å². The largest absolute Gasteiger partial charge is 0.357 e. The van der Waals surface area contributed by atoms with Crippen LogP contribution in [-0.2, 0) is 13.0 Å². The van der Waals surface area contributed by atoms with Crippen LogP contribution in [0.1, 0.15) is 24.0 Å². The third kappa shape index (κ3) is 5.18. The predicted molar refractivity (Wildman–Crippen MR) is 104 cm³/mol. The predicted octanol–water partition coefficient (Wildman–Crippen LogP) is 2.73. The Bertz CT molecular complexity index is 740. The van der Waals surface area contributed by atoms with Gasteiger partial charge < -0.3 is 15.5 Å². The van der Waals surface area contributed by atoms with E-state index in [9.17, 15) is 4.39 Å². The van der Waals surface area contributed by atoms with Gasteiger partial charge in [-0.1, -0.05) is 12.1 Å². The molecule has 1 saturated heterocycles. The maximum Gasteiger partial charge on any atom is 0.191 e. The lowest BCUT2D eigenvalue weighted by Gasteiger charge is -2.17. The van der Waals surface area contributed by atoms with Gasteiger partial charge in [-0.2, -0.15) is 0 Å². The Morgan fingerprint density at radius 3 is 2.77 bits per heavy atom. The Hall–Kier alpha value is -2.63. The number of aliphatic imine (C=N–C) groups is 1. The fraction of sp³-hybridized carbons (Fsp3) is 0.400. The summed E-state index contributed by atoms with van der Waals surface area (Å²) in [6.07, 6.45) is 5.09. The van der Waals surface area contributed by atoms with Gasteiger partial charge in [0, 0.05) is 39.4 Å². The van der Waals surface area contributed by atoms with Crippen molar-refractivity contribution in [3.63, 3.8) is 0 Å². The molecular weight excluding hydrogens is 329 g/mol. The van der Waals surface area contributed by atoms with Crippen molar-refractivity contribution in [3.8, 4) is 0 Å². The van der Waals surface area contributed by atoms with Crippen molar-refractivity contribution in [1.82, 2.24) is 15.6 Å². The normalized spacial score (nSPS) is 14.5. The lowest BCUT2D eigenvalue weighted by atomic mass is 10.1. The third-order valence-electron chi connectivity index (χ3n) is 4.52. The minimum atomic E-state index is -0.198. The molecule has 5 nitrogen and oxygen atoms in total. The van der Waals surface area contributed by atoms with Crippen LogP contribution in [0.5, 0.6) is 0 Å². The molecule has 0 saturated carbocycles. The number of pyridine rings is 1. The van der Waals surface area contributed by atoms with Gasteiger partial charge in [0.1, 0.15) is 11.6 Å². The summed E-state index contributed by atoms with van der Waals surface area (Å²) in [7, 11) is 1.75. The van der Waals surface area contributed by atoms with E-state index in [2.05, 4.69) is 31.6 Å². The molecule has 0 radical (unpaired) electrons. The zero-order chi connectivity index (χ0) is 18.2. The average molecular weight is 355 g/mol. The van der Waals surface area contributed by atoms with Crippen molar-refractivity contribution in [1.29, 1.82) is 0 Å². The minimum absolute atomic E-state index is 0.198. The highest BCUT2D eigenvalue weighted by molar-refractivity contribution is 5.79. The first-order chi connectivity index (χ1) is 12.7. The Balaban J connectivity index is 1.47. The summed E-state index contributed by atoms with van der Waals surface area (Å²) >= 11 is 0. The Morgan fingerprint density at radius 1 is 1.15 bits per heavy atom. The van der Waals surface area contributed by atoms with Gasteiger partial charge in [-0.3, -0.25) is 4.99 Å². The summed E-state index contributed by atoms with van der Waals surface area (Å²) in [5.74, 6) is 1.59. The van der Waals surface area contributed by atoms with Crippen LogP contribution in [0, 0.1) is 5.82 Å². The summed E-state index contributed by atoms with van der Waals surface area (Å²) in [5.41, 5.74) is 2.15. The van der Waals surface area contributed by atoms with E-state index in [1.165, 1.54) is 24.5 Å². The molecule has 0 atom stereocenters. The van der Waals surface area contributed by atoms with Crippen molar-refractivity contribution in [3.05, 3.63) is 59.5 Å².